The van der Waals surface area contributed by atoms with Crippen LogP contribution in [0.1, 0.15) is 24.4 Å². The molecule has 2 rings (SSSR count). The van der Waals surface area contributed by atoms with Crippen molar-refractivity contribution in [2.75, 3.05) is 39.8 Å². The Labute approximate surface area is 113 Å². The lowest BCUT2D eigenvalue weighted by molar-refractivity contribution is -0.100. The van der Waals surface area contributed by atoms with Gasteiger partial charge in [-0.2, -0.15) is 0 Å². The molecule has 1 aliphatic heterocycles. The quantitative estimate of drug-likeness (QED) is 0.868. The smallest absolute Gasteiger partial charge is 0.163 e. The molecule has 0 saturated carbocycles. The Morgan fingerprint density at radius 3 is 2.63 bits per heavy atom. The minimum absolute atomic E-state index is 0.451. The van der Waals surface area contributed by atoms with Gasteiger partial charge in [-0.3, -0.25) is 0 Å². The summed E-state index contributed by atoms with van der Waals surface area (Å²) in [5.74, 6) is 1.48. The average Bonchev–Trinajstić information content (AvgIpc) is 2.48. The molecule has 0 aliphatic carbocycles. The Balaban J connectivity index is 2.37. The lowest BCUT2D eigenvalue weighted by Gasteiger charge is -2.34. The van der Waals surface area contributed by atoms with Crippen molar-refractivity contribution in [1.29, 1.82) is 0 Å². The topological polar surface area (TPSA) is 65.5 Å². The van der Waals surface area contributed by atoms with E-state index in [1.807, 2.05) is 13.1 Å². The van der Waals surface area contributed by atoms with Crippen LogP contribution in [0.3, 0.4) is 0 Å². The fraction of sp³-hybridized carbons (Fsp3) is 0.692. The van der Waals surface area contributed by atoms with Gasteiger partial charge in [-0.25, -0.2) is 9.97 Å². The highest BCUT2D eigenvalue weighted by Gasteiger charge is 2.37. The highest BCUT2D eigenvalue weighted by Crippen LogP contribution is 2.33. The molecule has 1 saturated heterocycles. The zero-order valence-electron chi connectivity index (χ0n) is 11.7. The summed E-state index contributed by atoms with van der Waals surface area (Å²) in [6.07, 6.45) is 1.53. The van der Waals surface area contributed by atoms with E-state index in [0.29, 0.717) is 25.6 Å². The fourth-order valence-corrected chi connectivity index (χ4v) is 2.27. The zero-order chi connectivity index (χ0) is 13.7. The van der Waals surface area contributed by atoms with Crippen LogP contribution in [-0.2, 0) is 26.4 Å². The SMILES string of the molecule is CNc1cc(COC)nc(C2(OC)CCOCC2)n1. The van der Waals surface area contributed by atoms with E-state index < -0.39 is 5.60 Å². The van der Waals surface area contributed by atoms with E-state index in [9.17, 15) is 0 Å². The van der Waals surface area contributed by atoms with Crippen molar-refractivity contribution in [3.63, 3.8) is 0 Å². The predicted molar refractivity (Wildman–Crippen MR) is 71.0 cm³/mol. The molecule has 1 aromatic rings. The lowest BCUT2D eigenvalue weighted by Crippen LogP contribution is -2.37. The second-order valence-corrected chi connectivity index (χ2v) is 4.56. The molecule has 2 heterocycles. The number of ether oxygens (including phenoxy) is 3. The van der Waals surface area contributed by atoms with E-state index in [2.05, 4.69) is 15.3 Å². The van der Waals surface area contributed by atoms with Crippen molar-refractivity contribution in [3.05, 3.63) is 17.6 Å². The van der Waals surface area contributed by atoms with Crippen LogP contribution in [0, 0.1) is 0 Å². The Morgan fingerprint density at radius 1 is 1.32 bits per heavy atom. The molecular formula is C13H21N3O3. The number of hydrogen-bond acceptors (Lipinski definition) is 6. The Morgan fingerprint density at radius 2 is 2.05 bits per heavy atom. The van der Waals surface area contributed by atoms with Crippen LogP contribution in [0.2, 0.25) is 0 Å². The number of nitrogens with zero attached hydrogens (tertiary/aromatic N) is 2. The van der Waals surface area contributed by atoms with Crippen molar-refractivity contribution < 1.29 is 14.2 Å². The summed E-state index contributed by atoms with van der Waals surface area (Å²) in [4.78, 5) is 9.12. The second kappa shape index (κ2) is 6.27. The van der Waals surface area contributed by atoms with Crippen LogP contribution in [0.4, 0.5) is 5.82 Å². The molecule has 6 nitrogen and oxygen atoms in total. The Bertz CT molecular complexity index is 420. The molecule has 0 bridgehead atoms. The highest BCUT2D eigenvalue weighted by molar-refractivity contribution is 5.36. The standard InChI is InChI=1S/C13H21N3O3/c1-14-11-8-10(9-17-2)15-12(16-11)13(18-3)4-6-19-7-5-13/h8H,4-7,9H2,1-3H3,(H,14,15,16). The van der Waals surface area contributed by atoms with Gasteiger partial charge >= 0.3 is 0 Å². The summed E-state index contributed by atoms with van der Waals surface area (Å²) in [6, 6.07) is 1.88. The van der Waals surface area contributed by atoms with Gasteiger partial charge < -0.3 is 19.5 Å². The third kappa shape index (κ3) is 3.02. The van der Waals surface area contributed by atoms with Gasteiger partial charge in [0, 0.05) is 53.4 Å². The van der Waals surface area contributed by atoms with Gasteiger partial charge in [0.1, 0.15) is 11.4 Å². The summed E-state index contributed by atoms with van der Waals surface area (Å²) < 4.78 is 16.3. The number of hydrogen-bond donors (Lipinski definition) is 1. The van der Waals surface area contributed by atoms with Crippen LogP contribution in [0.5, 0.6) is 0 Å². The Kier molecular flexibility index (Phi) is 4.68. The van der Waals surface area contributed by atoms with Gasteiger partial charge in [0.15, 0.2) is 5.82 Å². The number of methoxy groups -OCH3 is 2. The zero-order valence-corrected chi connectivity index (χ0v) is 11.7. The maximum Gasteiger partial charge on any atom is 0.163 e. The minimum atomic E-state index is -0.451. The van der Waals surface area contributed by atoms with Crippen LogP contribution >= 0.6 is 0 Å². The summed E-state index contributed by atoms with van der Waals surface area (Å²) >= 11 is 0. The largest absolute Gasteiger partial charge is 0.381 e. The van der Waals surface area contributed by atoms with Crippen LogP contribution < -0.4 is 5.32 Å². The third-order valence-electron chi connectivity index (χ3n) is 3.43. The normalized spacial score (nSPS) is 18.3. The maximum atomic E-state index is 5.72. The monoisotopic (exact) mass is 267 g/mol. The first-order valence-electron chi connectivity index (χ1n) is 6.42. The number of nitrogens with one attached hydrogen (secondary N) is 1. The van der Waals surface area contributed by atoms with Gasteiger partial charge in [0.2, 0.25) is 0 Å². The van der Waals surface area contributed by atoms with E-state index in [4.69, 9.17) is 14.2 Å². The fourth-order valence-electron chi connectivity index (χ4n) is 2.27. The molecular weight excluding hydrogens is 246 g/mol. The van der Waals surface area contributed by atoms with Gasteiger partial charge in [-0.15, -0.1) is 0 Å². The maximum absolute atomic E-state index is 5.72. The van der Waals surface area contributed by atoms with E-state index in [1.165, 1.54) is 0 Å². The van der Waals surface area contributed by atoms with E-state index in [-0.39, 0.29) is 0 Å². The van der Waals surface area contributed by atoms with Gasteiger partial charge in [0.25, 0.3) is 0 Å². The molecule has 0 unspecified atom stereocenters. The molecule has 1 aromatic heterocycles. The van der Waals surface area contributed by atoms with Crippen LogP contribution in [0.25, 0.3) is 0 Å². The lowest BCUT2D eigenvalue weighted by atomic mass is 9.93. The molecule has 0 aromatic carbocycles. The van der Waals surface area contributed by atoms with Gasteiger partial charge in [0.05, 0.1) is 12.3 Å². The van der Waals surface area contributed by atoms with E-state index in [0.717, 1.165) is 24.4 Å². The molecule has 0 atom stereocenters. The molecule has 1 fully saturated rings. The molecule has 1 aliphatic rings. The number of anilines is 1. The average molecular weight is 267 g/mol. The molecule has 106 valence electrons. The van der Waals surface area contributed by atoms with Gasteiger partial charge in [-0.1, -0.05) is 0 Å². The van der Waals surface area contributed by atoms with Crippen LogP contribution in [0.15, 0.2) is 6.07 Å². The van der Waals surface area contributed by atoms with Crippen molar-refractivity contribution in [2.24, 2.45) is 0 Å². The minimum Gasteiger partial charge on any atom is -0.381 e. The van der Waals surface area contributed by atoms with Crippen molar-refractivity contribution in [3.8, 4) is 0 Å². The Hall–Kier alpha value is -1.24. The summed E-state index contributed by atoms with van der Waals surface area (Å²) in [6.45, 7) is 1.79. The van der Waals surface area contributed by atoms with Gasteiger partial charge in [-0.05, 0) is 0 Å². The number of rotatable bonds is 5. The molecule has 0 radical (unpaired) electrons. The second-order valence-electron chi connectivity index (χ2n) is 4.56. The summed E-state index contributed by atoms with van der Waals surface area (Å²) in [7, 11) is 5.20. The molecule has 0 amide bonds. The first-order chi connectivity index (χ1) is 9.24. The first kappa shape index (κ1) is 14.2. The number of aromatic nitrogens is 2. The molecule has 0 spiro atoms. The van der Waals surface area contributed by atoms with Crippen molar-refractivity contribution >= 4 is 5.82 Å². The third-order valence-corrected chi connectivity index (χ3v) is 3.43. The van der Waals surface area contributed by atoms with Crippen molar-refractivity contribution in [2.45, 2.75) is 25.0 Å². The first-order valence-corrected chi connectivity index (χ1v) is 6.42. The highest BCUT2D eigenvalue weighted by atomic mass is 16.5. The summed E-state index contributed by atoms with van der Waals surface area (Å²) in [5, 5.41) is 3.05. The van der Waals surface area contributed by atoms with Crippen LogP contribution in [-0.4, -0.2) is 44.4 Å². The summed E-state index contributed by atoms with van der Waals surface area (Å²) in [5.41, 5.74) is 0.396. The molecule has 19 heavy (non-hydrogen) atoms. The predicted octanol–water partition coefficient (Wildman–Crippen LogP) is 1.32. The van der Waals surface area contributed by atoms with E-state index >= 15 is 0 Å². The van der Waals surface area contributed by atoms with Crippen molar-refractivity contribution in [1.82, 2.24) is 9.97 Å². The molecule has 1 N–H and O–H groups in total. The molecule has 6 heteroatoms. The van der Waals surface area contributed by atoms with E-state index in [1.54, 1.807) is 14.2 Å².